The molecule has 0 spiro atoms. The molecule has 8 rings (SSSR count). The minimum Gasteiger partial charge on any atom is -0.456 e. The van der Waals surface area contributed by atoms with Crippen molar-refractivity contribution >= 4 is 22.7 Å². The molecule has 44 heavy (non-hydrogen) atoms. The number of aromatic nitrogens is 2. The highest BCUT2D eigenvalue weighted by Gasteiger charge is 2.70. The highest BCUT2D eigenvalue weighted by Crippen LogP contribution is 2.74. The SMILES string of the molecule is CC1(C)CCC(CN2CCN(c3ccc(C(=O)OC(C)(C)C)c(Oc4cnc5[nH]ccc5c4)c3)CC2)=C(C23CC(F)(C2)C3)C1. The number of ether oxygens (including phenoxy) is 2. The third-order valence-corrected chi connectivity index (χ3v) is 10.1. The van der Waals surface area contributed by atoms with Crippen LogP contribution in [0, 0.1) is 10.8 Å². The first kappa shape index (κ1) is 29.3. The Hall–Kier alpha value is -3.39. The molecule has 4 fully saturated rings. The summed E-state index contributed by atoms with van der Waals surface area (Å²) in [6.07, 6.45) is 9.23. The van der Waals surface area contributed by atoms with Gasteiger partial charge in [0.25, 0.3) is 0 Å². The van der Waals surface area contributed by atoms with Gasteiger partial charge in [-0.05, 0) is 89.0 Å². The van der Waals surface area contributed by atoms with Gasteiger partial charge in [0, 0.05) is 61.5 Å². The zero-order chi connectivity index (χ0) is 30.9. The Balaban J connectivity index is 1.07. The number of pyridine rings is 1. The number of halogens is 1. The van der Waals surface area contributed by atoms with Gasteiger partial charge in [-0.3, -0.25) is 4.90 Å². The normalized spacial score (nSPS) is 26.7. The molecule has 2 aromatic heterocycles. The molecular formula is C36H45FN4O3. The third kappa shape index (κ3) is 5.62. The first-order chi connectivity index (χ1) is 20.8. The molecule has 0 amide bonds. The molecule has 1 saturated heterocycles. The predicted molar refractivity (Wildman–Crippen MR) is 171 cm³/mol. The van der Waals surface area contributed by atoms with E-state index in [0.717, 1.165) is 81.5 Å². The van der Waals surface area contributed by atoms with Crippen molar-refractivity contribution in [2.75, 3.05) is 37.6 Å². The fraction of sp³-hybridized carbons (Fsp3) is 0.556. The molecule has 3 saturated carbocycles. The Kier molecular flexibility index (Phi) is 6.88. The fourth-order valence-electron chi connectivity index (χ4n) is 7.88. The number of nitrogens with one attached hydrogen (secondary N) is 1. The first-order valence-electron chi connectivity index (χ1n) is 16.1. The van der Waals surface area contributed by atoms with E-state index in [1.807, 2.05) is 57.3 Å². The second-order valence-electron chi connectivity index (χ2n) is 15.5. The Morgan fingerprint density at radius 3 is 2.52 bits per heavy atom. The van der Waals surface area contributed by atoms with Gasteiger partial charge in [0.05, 0.1) is 6.20 Å². The van der Waals surface area contributed by atoms with E-state index in [1.54, 1.807) is 17.3 Å². The molecule has 1 N–H and O–H groups in total. The van der Waals surface area contributed by atoms with Gasteiger partial charge >= 0.3 is 5.97 Å². The standard InChI is InChI=1S/C36H45FN4O3/c1-33(2,3)44-32(42)28-7-6-26(17-30(28)43-27-16-24-9-11-38-31(24)39-19-27)41-14-12-40(13-15-41)20-25-8-10-34(4,5)18-29(25)35-21-36(37,22-35)23-35/h6-7,9,11,16-17,19H,8,10,12-15,18,20-23H2,1-5H3,(H,38,39). The van der Waals surface area contributed by atoms with Crippen LogP contribution in [0.1, 0.15) is 83.5 Å². The van der Waals surface area contributed by atoms with Gasteiger partial charge in [-0.1, -0.05) is 25.0 Å². The number of carbonyl (C=O) groups excluding carboxylic acids is 1. The lowest BCUT2D eigenvalue weighted by atomic mass is 9.38. The number of esters is 1. The number of hydrogen-bond donors (Lipinski definition) is 1. The summed E-state index contributed by atoms with van der Waals surface area (Å²) in [6, 6.07) is 9.62. The second-order valence-corrected chi connectivity index (χ2v) is 15.5. The largest absolute Gasteiger partial charge is 0.456 e. The molecule has 2 bridgehead atoms. The molecule has 0 atom stereocenters. The summed E-state index contributed by atoms with van der Waals surface area (Å²) in [6.45, 7) is 15.0. The van der Waals surface area contributed by atoms with Crippen LogP contribution in [0.3, 0.4) is 0 Å². The number of carbonyl (C=O) groups is 1. The van der Waals surface area contributed by atoms with E-state index in [0.29, 0.717) is 22.5 Å². The quantitative estimate of drug-likeness (QED) is 0.220. The molecule has 5 aliphatic rings. The lowest BCUT2D eigenvalue weighted by Gasteiger charge is -2.68. The highest BCUT2D eigenvalue weighted by molar-refractivity contribution is 5.93. The van der Waals surface area contributed by atoms with E-state index in [9.17, 15) is 9.18 Å². The van der Waals surface area contributed by atoms with E-state index in [1.165, 1.54) is 6.42 Å². The van der Waals surface area contributed by atoms with Crippen LogP contribution in [0.5, 0.6) is 11.5 Å². The van der Waals surface area contributed by atoms with E-state index < -0.39 is 17.2 Å². The monoisotopic (exact) mass is 600 g/mol. The number of nitrogens with zero attached hydrogens (tertiary/aromatic N) is 3. The predicted octanol–water partition coefficient (Wildman–Crippen LogP) is 7.83. The van der Waals surface area contributed by atoms with Gasteiger partial charge in [0.15, 0.2) is 0 Å². The van der Waals surface area contributed by atoms with Crippen molar-refractivity contribution in [2.45, 2.75) is 84.4 Å². The van der Waals surface area contributed by atoms with Crippen molar-refractivity contribution in [3.63, 3.8) is 0 Å². The number of anilines is 1. The maximum Gasteiger partial charge on any atom is 0.342 e. The molecule has 3 heterocycles. The summed E-state index contributed by atoms with van der Waals surface area (Å²) in [7, 11) is 0. The fourth-order valence-corrected chi connectivity index (χ4v) is 7.88. The maximum atomic E-state index is 14.5. The van der Waals surface area contributed by atoms with Gasteiger partial charge in [-0.2, -0.15) is 0 Å². The zero-order valence-electron chi connectivity index (χ0n) is 26.8. The van der Waals surface area contributed by atoms with Crippen molar-refractivity contribution in [2.24, 2.45) is 10.8 Å². The van der Waals surface area contributed by atoms with Crippen LogP contribution in [-0.4, -0.2) is 64.8 Å². The van der Waals surface area contributed by atoms with E-state index in [2.05, 4.69) is 33.6 Å². The van der Waals surface area contributed by atoms with Crippen molar-refractivity contribution in [1.82, 2.24) is 14.9 Å². The number of aromatic amines is 1. The van der Waals surface area contributed by atoms with Crippen LogP contribution in [0.25, 0.3) is 11.0 Å². The van der Waals surface area contributed by atoms with Gasteiger partial charge < -0.3 is 19.4 Å². The van der Waals surface area contributed by atoms with Gasteiger partial charge in [-0.25, -0.2) is 14.2 Å². The topological polar surface area (TPSA) is 70.7 Å². The number of alkyl halides is 1. The number of rotatable bonds is 7. The van der Waals surface area contributed by atoms with E-state index in [4.69, 9.17) is 9.47 Å². The summed E-state index contributed by atoms with van der Waals surface area (Å²) < 4.78 is 26.5. The van der Waals surface area contributed by atoms with Crippen LogP contribution in [0.4, 0.5) is 10.1 Å². The Labute approximate surface area is 259 Å². The lowest BCUT2D eigenvalue weighted by molar-refractivity contribution is -0.193. The first-order valence-corrected chi connectivity index (χ1v) is 16.1. The van der Waals surface area contributed by atoms with Gasteiger partial charge in [-0.15, -0.1) is 0 Å². The number of H-pyrrole nitrogens is 1. The molecule has 3 aromatic rings. The lowest BCUT2D eigenvalue weighted by Crippen LogP contribution is -2.65. The minimum absolute atomic E-state index is 0.164. The highest BCUT2D eigenvalue weighted by atomic mass is 19.1. The summed E-state index contributed by atoms with van der Waals surface area (Å²) >= 11 is 0. The summed E-state index contributed by atoms with van der Waals surface area (Å²) in [5.41, 5.74) is 4.37. The smallest absolute Gasteiger partial charge is 0.342 e. The summed E-state index contributed by atoms with van der Waals surface area (Å²) in [4.78, 5) is 25.7. The molecule has 234 valence electrons. The number of allylic oxidation sites excluding steroid dienone is 1. The van der Waals surface area contributed by atoms with Gasteiger partial charge in [0.1, 0.15) is 34.0 Å². The van der Waals surface area contributed by atoms with Crippen LogP contribution in [0.15, 0.2) is 53.9 Å². The number of benzene rings is 1. The van der Waals surface area contributed by atoms with Crippen molar-refractivity contribution in [3.8, 4) is 11.5 Å². The van der Waals surface area contributed by atoms with Crippen LogP contribution < -0.4 is 9.64 Å². The zero-order valence-corrected chi connectivity index (χ0v) is 26.8. The molecule has 7 nitrogen and oxygen atoms in total. The number of hydrogen-bond acceptors (Lipinski definition) is 6. The van der Waals surface area contributed by atoms with E-state index >= 15 is 0 Å². The van der Waals surface area contributed by atoms with E-state index in [-0.39, 0.29) is 5.41 Å². The summed E-state index contributed by atoms with van der Waals surface area (Å²) in [5, 5.41) is 0.937. The number of fused-ring (bicyclic) bond motifs is 1. The van der Waals surface area contributed by atoms with Gasteiger partial charge in [0.2, 0.25) is 0 Å². The molecule has 0 unspecified atom stereocenters. The molecule has 8 heteroatoms. The Morgan fingerprint density at radius 2 is 1.82 bits per heavy atom. The second kappa shape index (κ2) is 10.3. The van der Waals surface area contributed by atoms with Crippen LogP contribution >= 0.6 is 0 Å². The van der Waals surface area contributed by atoms with Crippen molar-refractivity contribution < 1.29 is 18.7 Å². The Bertz CT molecular complexity index is 1610. The molecule has 1 aromatic carbocycles. The third-order valence-electron chi connectivity index (χ3n) is 10.1. The number of piperazine rings is 1. The maximum absolute atomic E-state index is 14.5. The molecule has 1 aliphatic heterocycles. The average Bonchev–Trinajstić information content (AvgIpc) is 3.39. The molecular weight excluding hydrogens is 555 g/mol. The van der Waals surface area contributed by atoms with Crippen LogP contribution in [-0.2, 0) is 4.74 Å². The van der Waals surface area contributed by atoms with Crippen molar-refractivity contribution in [3.05, 3.63) is 59.4 Å². The Morgan fingerprint density at radius 1 is 1.07 bits per heavy atom. The summed E-state index contributed by atoms with van der Waals surface area (Å²) in [5.74, 6) is 0.604. The van der Waals surface area contributed by atoms with Crippen molar-refractivity contribution in [1.29, 1.82) is 0 Å². The van der Waals surface area contributed by atoms with Crippen LogP contribution in [0.2, 0.25) is 0 Å². The molecule has 0 radical (unpaired) electrons. The minimum atomic E-state index is -0.863. The molecule has 4 aliphatic carbocycles. The average molecular weight is 601 g/mol.